The molecule has 2 aromatic carbocycles. The van der Waals surface area contributed by atoms with Gasteiger partial charge >= 0.3 is 0 Å². The van der Waals surface area contributed by atoms with Gasteiger partial charge in [0.1, 0.15) is 5.82 Å². The summed E-state index contributed by atoms with van der Waals surface area (Å²) in [4.78, 5) is 19.5. The molecule has 1 fully saturated rings. The number of fused-ring (bicyclic) bond motifs is 1. The van der Waals surface area contributed by atoms with E-state index in [2.05, 4.69) is 14.6 Å². The Hall–Kier alpha value is -2.84. The summed E-state index contributed by atoms with van der Waals surface area (Å²) in [6.45, 7) is 2.70. The van der Waals surface area contributed by atoms with Crippen LogP contribution >= 0.6 is 23.1 Å². The van der Waals surface area contributed by atoms with E-state index in [-0.39, 0.29) is 12.7 Å². The largest absolute Gasteiger partial charge is 0.454 e. The van der Waals surface area contributed by atoms with Gasteiger partial charge in [-0.15, -0.1) is 0 Å². The lowest BCUT2D eigenvalue weighted by Crippen LogP contribution is -2.38. The van der Waals surface area contributed by atoms with Gasteiger partial charge in [0, 0.05) is 48.2 Å². The van der Waals surface area contributed by atoms with E-state index in [1.54, 1.807) is 18.2 Å². The summed E-state index contributed by atoms with van der Waals surface area (Å²) < 4.78 is 15.2. The maximum absolute atomic E-state index is 12.5. The summed E-state index contributed by atoms with van der Waals surface area (Å²) in [5, 5.41) is 4.76. The van der Waals surface area contributed by atoms with Crippen LogP contribution in [0.2, 0.25) is 5.02 Å². The van der Waals surface area contributed by atoms with Crippen LogP contribution in [0.5, 0.6) is 11.5 Å². The van der Waals surface area contributed by atoms with Crippen molar-refractivity contribution in [2.75, 3.05) is 31.3 Å². The van der Waals surface area contributed by atoms with Crippen LogP contribution in [0, 0.1) is 5.92 Å². The Morgan fingerprint density at radius 1 is 1.12 bits per heavy atom. The number of hydrogen-bond acceptors (Lipinski definition) is 7. The van der Waals surface area contributed by atoms with Gasteiger partial charge in [-0.05, 0) is 54.7 Å². The van der Waals surface area contributed by atoms with Gasteiger partial charge in [0.05, 0.1) is 0 Å². The van der Waals surface area contributed by atoms with Crippen molar-refractivity contribution in [1.29, 1.82) is 0 Å². The molecule has 1 N–H and O–H groups in total. The number of benzene rings is 2. The van der Waals surface area contributed by atoms with Gasteiger partial charge in [-0.3, -0.25) is 4.79 Å². The van der Waals surface area contributed by atoms with Crippen molar-refractivity contribution in [1.82, 2.24) is 14.7 Å². The molecule has 3 heterocycles. The van der Waals surface area contributed by atoms with Gasteiger partial charge in [0.15, 0.2) is 11.5 Å². The average Bonchev–Trinajstić information content (AvgIpc) is 3.48. The zero-order chi connectivity index (χ0) is 21.9. The highest BCUT2D eigenvalue weighted by Crippen LogP contribution is 2.32. The fourth-order valence-electron chi connectivity index (χ4n) is 3.94. The standard InChI is InChI=1S/C23H23ClN4O3S/c24-18-4-1-15(2-5-18)11-21-26-23(32-27-21)28-9-7-16(8-10-28)13-25-22(29)17-3-6-19-20(12-17)31-14-30-19/h1-6,12,16H,7-11,13-14H2,(H,25,29). The molecule has 0 aliphatic carbocycles. The van der Waals surface area contributed by atoms with Crippen molar-refractivity contribution in [3.05, 3.63) is 64.4 Å². The summed E-state index contributed by atoms with van der Waals surface area (Å²) in [5.41, 5.74) is 1.74. The molecule has 32 heavy (non-hydrogen) atoms. The maximum Gasteiger partial charge on any atom is 0.251 e. The lowest BCUT2D eigenvalue weighted by atomic mass is 9.97. The van der Waals surface area contributed by atoms with Gasteiger partial charge < -0.3 is 19.7 Å². The smallest absolute Gasteiger partial charge is 0.251 e. The molecule has 166 valence electrons. The molecule has 5 rings (SSSR count). The van der Waals surface area contributed by atoms with Gasteiger partial charge in [-0.1, -0.05) is 23.7 Å². The van der Waals surface area contributed by atoms with E-state index >= 15 is 0 Å². The van der Waals surface area contributed by atoms with Crippen LogP contribution in [0.25, 0.3) is 0 Å². The van der Waals surface area contributed by atoms with Gasteiger partial charge in [-0.2, -0.15) is 4.37 Å². The van der Waals surface area contributed by atoms with E-state index in [0.29, 0.717) is 35.9 Å². The number of aromatic nitrogens is 2. The molecular weight excluding hydrogens is 448 g/mol. The lowest BCUT2D eigenvalue weighted by Gasteiger charge is -2.31. The molecule has 0 bridgehead atoms. The third-order valence-electron chi connectivity index (χ3n) is 5.80. The third-order valence-corrected chi connectivity index (χ3v) is 6.87. The second kappa shape index (κ2) is 9.34. The Balaban J connectivity index is 1.09. The molecular formula is C23H23ClN4O3S. The molecule has 1 aromatic heterocycles. The lowest BCUT2D eigenvalue weighted by molar-refractivity contribution is 0.0944. The number of hydrogen-bond donors (Lipinski definition) is 1. The maximum atomic E-state index is 12.5. The highest BCUT2D eigenvalue weighted by molar-refractivity contribution is 7.09. The van der Waals surface area contributed by atoms with E-state index < -0.39 is 0 Å². The molecule has 2 aliphatic heterocycles. The molecule has 1 saturated heterocycles. The number of carbonyl (C=O) groups is 1. The SMILES string of the molecule is O=C(NCC1CCN(c2nc(Cc3ccc(Cl)cc3)ns2)CC1)c1ccc2c(c1)OCO2. The first-order valence-corrected chi connectivity index (χ1v) is 11.8. The zero-order valence-corrected chi connectivity index (χ0v) is 19.0. The predicted molar refractivity (Wildman–Crippen MR) is 124 cm³/mol. The molecule has 0 unspecified atom stereocenters. The predicted octanol–water partition coefficient (Wildman–Crippen LogP) is 4.16. The normalized spacial score (nSPS) is 15.7. The Kier molecular flexibility index (Phi) is 6.14. The summed E-state index contributed by atoms with van der Waals surface area (Å²) in [6.07, 6.45) is 2.72. The molecule has 7 nitrogen and oxygen atoms in total. The average molecular weight is 471 g/mol. The van der Waals surface area contributed by atoms with E-state index in [9.17, 15) is 4.79 Å². The monoisotopic (exact) mass is 470 g/mol. The quantitative estimate of drug-likeness (QED) is 0.583. The van der Waals surface area contributed by atoms with Crippen LogP contribution in [0.15, 0.2) is 42.5 Å². The molecule has 0 spiro atoms. The van der Waals surface area contributed by atoms with E-state index in [1.165, 1.54) is 11.5 Å². The summed E-state index contributed by atoms with van der Waals surface area (Å²) in [6, 6.07) is 13.1. The molecule has 9 heteroatoms. The fourth-order valence-corrected chi connectivity index (χ4v) is 4.80. The highest BCUT2D eigenvalue weighted by atomic mass is 35.5. The van der Waals surface area contributed by atoms with Gasteiger partial charge in [0.2, 0.25) is 11.9 Å². The van der Waals surface area contributed by atoms with Crippen LogP contribution in [0.1, 0.15) is 34.6 Å². The Bertz CT molecular complexity index is 1100. The van der Waals surface area contributed by atoms with Crippen molar-refractivity contribution in [2.24, 2.45) is 5.92 Å². The molecule has 0 atom stereocenters. The van der Waals surface area contributed by atoms with Crippen LogP contribution in [-0.4, -0.2) is 41.7 Å². The Morgan fingerprint density at radius 3 is 2.72 bits per heavy atom. The van der Waals surface area contributed by atoms with E-state index in [4.69, 9.17) is 26.1 Å². The van der Waals surface area contributed by atoms with Crippen LogP contribution in [0.4, 0.5) is 5.13 Å². The minimum Gasteiger partial charge on any atom is -0.454 e. The number of carbonyl (C=O) groups excluding carboxylic acids is 1. The third kappa shape index (κ3) is 4.81. The first kappa shape index (κ1) is 21.0. The number of ether oxygens (including phenoxy) is 2. The second-order valence-electron chi connectivity index (χ2n) is 8.00. The molecule has 0 saturated carbocycles. The summed E-state index contributed by atoms with van der Waals surface area (Å²) in [5.74, 6) is 2.51. The first-order chi connectivity index (χ1) is 15.6. The number of amides is 1. The van der Waals surface area contributed by atoms with Crippen LogP contribution < -0.4 is 19.7 Å². The second-order valence-corrected chi connectivity index (χ2v) is 9.17. The molecule has 2 aliphatic rings. The minimum atomic E-state index is -0.0818. The van der Waals surface area contributed by atoms with Crippen molar-refractivity contribution in [2.45, 2.75) is 19.3 Å². The van der Waals surface area contributed by atoms with Crippen LogP contribution in [-0.2, 0) is 6.42 Å². The molecule has 1 amide bonds. The van der Waals surface area contributed by atoms with Crippen molar-refractivity contribution in [3.8, 4) is 11.5 Å². The molecule has 0 radical (unpaired) electrons. The van der Waals surface area contributed by atoms with E-state index in [0.717, 1.165) is 47.5 Å². The molecule has 3 aromatic rings. The van der Waals surface area contributed by atoms with E-state index in [1.807, 2.05) is 24.3 Å². The van der Waals surface area contributed by atoms with Crippen LogP contribution in [0.3, 0.4) is 0 Å². The Morgan fingerprint density at radius 2 is 1.91 bits per heavy atom. The number of halogens is 1. The van der Waals surface area contributed by atoms with Gasteiger partial charge in [0.25, 0.3) is 5.91 Å². The van der Waals surface area contributed by atoms with Crippen molar-refractivity contribution < 1.29 is 14.3 Å². The first-order valence-electron chi connectivity index (χ1n) is 10.6. The minimum absolute atomic E-state index is 0.0818. The summed E-state index contributed by atoms with van der Waals surface area (Å²) >= 11 is 7.41. The van der Waals surface area contributed by atoms with Gasteiger partial charge in [-0.25, -0.2) is 4.98 Å². The number of anilines is 1. The number of rotatable bonds is 6. The van der Waals surface area contributed by atoms with Crippen molar-refractivity contribution >= 4 is 34.2 Å². The number of nitrogens with one attached hydrogen (secondary N) is 1. The number of piperidine rings is 1. The number of nitrogens with zero attached hydrogens (tertiary/aromatic N) is 3. The summed E-state index contributed by atoms with van der Waals surface area (Å²) in [7, 11) is 0. The Labute approximate surface area is 195 Å². The zero-order valence-electron chi connectivity index (χ0n) is 17.4. The highest BCUT2D eigenvalue weighted by Gasteiger charge is 2.23. The van der Waals surface area contributed by atoms with Crippen molar-refractivity contribution in [3.63, 3.8) is 0 Å². The fraction of sp³-hybridized carbons (Fsp3) is 0.348. The topological polar surface area (TPSA) is 76.6 Å².